The molecule has 0 heterocycles. The predicted octanol–water partition coefficient (Wildman–Crippen LogP) is 3.65. The summed E-state index contributed by atoms with van der Waals surface area (Å²) < 4.78 is 2.33. The summed E-state index contributed by atoms with van der Waals surface area (Å²) in [7, 11) is 13.7. The van der Waals surface area contributed by atoms with Crippen molar-refractivity contribution < 1.29 is 0 Å². The number of hydrogen-bond donors (Lipinski definition) is 0. The van der Waals surface area contributed by atoms with Gasteiger partial charge in [0.25, 0.3) is 0 Å². The van der Waals surface area contributed by atoms with Crippen molar-refractivity contribution in [1.82, 2.24) is 0 Å². The molecule has 0 bridgehead atoms. The summed E-state index contributed by atoms with van der Waals surface area (Å²) in [4.78, 5) is 0. The van der Waals surface area contributed by atoms with Gasteiger partial charge in [0.15, 0.2) is 0 Å². The molecule has 0 aromatic heterocycles. The molecule has 0 saturated carbocycles. The molecular weight excluding hydrogens is 460 g/mol. The van der Waals surface area contributed by atoms with Gasteiger partial charge in [-0.25, -0.2) is 0 Å². The normalized spacial score (nSPS) is 11.6. The van der Waals surface area contributed by atoms with E-state index >= 15 is 0 Å². The quantitative estimate of drug-likeness (QED) is 0.581. The zero-order chi connectivity index (χ0) is 13.3. The molecular formula is C15H16BiCl2. The van der Waals surface area contributed by atoms with Crippen LogP contribution in [0.5, 0.6) is 0 Å². The summed E-state index contributed by atoms with van der Waals surface area (Å²) in [5, 5.41) is 0. The van der Waals surface area contributed by atoms with Crippen LogP contribution in [0.25, 0.3) is 0 Å². The molecule has 2 rings (SSSR count). The van der Waals surface area contributed by atoms with Crippen molar-refractivity contribution in [3.63, 3.8) is 0 Å². The molecule has 0 nitrogen and oxygen atoms in total. The molecule has 0 atom stereocenters. The van der Waals surface area contributed by atoms with Gasteiger partial charge in [0.05, 0.1) is 0 Å². The van der Waals surface area contributed by atoms with Crippen molar-refractivity contribution in [2.75, 3.05) is 0 Å². The Morgan fingerprint density at radius 2 is 1.39 bits per heavy atom. The van der Waals surface area contributed by atoms with Crippen molar-refractivity contribution in [2.24, 2.45) is 0 Å². The fourth-order valence-corrected chi connectivity index (χ4v) is 15.9. The zero-order valence-electron chi connectivity index (χ0n) is 10.7. The second-order valence-corrected chi connectivity index (χ2v) is 22.7. The maximum absolute atomic E-state index is 6.83. The fraction of sp³-hybridized carbons (Fsp3) is 0.200. The molecule has 95 valence electrons. The van der Waals surface area contributed by atoms with Crippen molar-refractivity contribution in [3.05, 3.63) is 59.2 Å². The van der Waals surface area contributed by atoms with Gasteiger partial charge in [0.1, 0.15) is 0 Å². The molecule has 1 radical (unpaired) electrons. The second kappa shape index (κ2) is 5.49. The van der Waals surface area contributed by atoms with Gasteiger partial charge in [-0.2, -0.15) is 0 Å². The second-order valence-electron chi connectivity index (χ2n) is 4.59. The Morgan fingerprint density at radius 1 is 0.778 bits per heavy atom. The maximum atomic E-state index is 6.83. The van der Waals surface area contributed by atoms with Gasteiger partial charge in [-0.3, -0.25) is 0 Å². The van der Waals surface area contributed by atoms with Gasteiger partial charge < -0.3 is 0 Å². The summed E-state index contributed by atoms with van der Waals surface area (Å²) in [6.07, 6.45) is 0. The molecule has 0 spiro atoms. The Kier molecular flexibility index (Phi) is 4.37. The van der Waals surface area contributed by atoms with Gasteiger partial charge in [0.2, 0.25) is 0 Å². The van der Waals surface area contributed by atoms with Crippen molar-refractivity contribution in [3.8, 4) is 0 Å². The van der Waals surface area contributed by atoms with Gasteiger partial charge in [-0.15, -0.1) is 0 Å². The van der Waals surface area contributed by atoms with Crippen LogP contribution in [0.4, 0.5) is 0 Å². The molecule has 0 fully saturated rings. The van der Waals surface area contributed by atoms with Crippen LogP contribution in [-0.4, -0.2) is 17.9 Å². The van der Waals surface area contributed by atoms with E-state index in [0.29, 0.717) is 0 Å². The third kappa shape index (κ3) is 2.74. The van der Waals surface area contributed by atoms with Crippen LogP contribution in [0.3, 0.4) is 0 Å². The Balaban J connectivity index is 2.58. The van der Waals surface area contributed by atoms with Crippen LogP contribution < -0.4 is 6.54 Å². The van der Waals surface area contributed by atoms with E-state index in [1.807, 2.05) is 12.1 Å². The summed E-state index contributed by atoms with van der Waals surface area (Å²) in [6, 6.07) is 14.6. The standard InChI is InChI=1S/C8H9.C7H7.Bi.2ClH/c1-7-4-3-5-8(2)6-7;1-7-5-3-2-4-6-7;;;/h3-4,6H,1-2H3;2-5H,1H3;;2*1H/q;;+2;;/p-2. The summed E-state index contributed by atoms with van der Waals surface area (Å²) in [5.41, 5.74) is 3.65. The number of benzene rings is 2. The van der Waals surface area contributed by atoms with E-state index in [1.54, 1.807) is 0 Å². The molecule has 0 amide bonds. The van der Waals surface area contributed by atoms with Crippen molar-refractivity contribution in [1.29, 1.82) is 0 Å². The Hall–Kier alpha value is -0.0969. The number of rotatable bonds is 2. The number of halogens is 2. The number of aryl methyl sites for hydroxylation is 3. The first-order valence-electron chi connectivity index (χ1n) is 5.85. The van der Waals surface area contributed by atoms with E-state index < -0.39 is 17.9 Å². The van der Waals surface area contributed by atoms with Gasteiger partial charge in [0, 0.05) is 0 Å². The van der Waals surface area contributed by atoms with Crippen LogP contribution in [0, 0.1) is 20.8 Å². The van der Waals surface area contributed by atoms with E-state index in [-0.39, 0.29) is 0 Å². The van der Waals surface area contributed by atoms with Crippen LogP contribution in [0.15, 0.2) is 42.5 Å². The summed E-state index contributed by atoms with van der Waals surface area (Å²) in [6.45, 7) is 6.26. The molecule has 18 heavy (non-hydrogen) atoms. The van der Waals surface area contributed by atoms with E-state index in [9.17, 15) is 0 Å². The molecule has 3 heteroatoms. The van der Waals surface area contributed by atoms with Crippen molar-refractivity contribution >= 4 is 41.4 Å². The number of hydrogen-bond acceptors (Lipinski definition) is 0. The molecule has 0 N–H and O–H groups in total. The first kappa shape index (κ1) is 14.3. The van der Waals surface area contributed by atoms with Crippen LogP contribution >= 0.6 is 17.0 Å². The minimum atomic E-state index is -3.52. The molecule has 0 unspecified atom stereocenters. The molecule has 0 saturated heterocycles. The van der Waals surface area contributed by atoms with E-state index in [1.165, 1.54) is 20.0 Å². The predicted molar refractivity (Wildman–Crippen MR) is 83.8 cm³/mol. The van der Waals surface area contributed by atoms with Gasteiger partial charge in [-0.1, -0.05) is 0 Å². The average molecular weight is 476 g/mol. The van der Waals surface area contributed by atoms with Gasteiger partial charge >= 0.3 is 121 Å². The Morgan fingerprint density at radius 3 is 2.00 bits per heavy atom. The summed E-state index contributed by atoms with van der Waals surface area (Å²) >= 11 is -3.52. The van der Waals surface area contributed by atoms with Crippen LogP contribution in [0.1, 0.15) is 16.7 Å². The minimum absolute atomic E-state index is 1.16. The van der Waals surface area contributed by atoms with Crippen LogP contribution in [-0.2, 0) is 0 Å². The van der Waals surface area contributed by atoms with Gasteiger partial charge in [-0.05, 0) is 0 Å². The topological polar surface area (TPSA) is 0 Å². The monoisotopic (exact) mass is 475 g/mol. The van der Waals surface area contributed by atoms with Crippen molar-refractivity contribution in [2.45, 2.75) is 20.8 Å². The van der Waals surface area contributed by atoms with E-state index in [4.69, 9.17) is 17.0 Å². The SMILES string of the molecule is Cc1cc[c]([Bi]([Cl])([Cl])[c]2ccccc2C)c(C)c1. The Labute approximate surface area is 120 Å². The average Bonchev–Trinajstić information content (AvgIpc) is 2.28. The Bertz CT molecular complexity index is 576. The molecule has 2 aromatic rings. The molecule has 2 aromatic carbocycles. The summed E-state index contributed by atoms with van der Waals surface area (Å²) in [5.74, 6) is 0. The first-order valence-corrected chi connectivity index (χ1v) is 17.9. The molecule has 0 aliphatic heterocycles. The first-order chi connectivity index (χ1) is 8.43. The third-order valence-corrected chi connectivity index (χ3v) is 18.1. The van der Waals surface area contributed by atoms with E-state index in [0.717, 1.165) is 3.27 Å². The van der Waals surface area contributed by atoms with Crippen LogP contribution in [0.2, 0.25) is 0 Å². The van der Waals surface area contributed by atoms with E-state index in [2.05, 4.69) is 51.1 Å². The third-order valence-electron chi connectivity index (χ3n) is 3.07. The molecule has 0 aliphatic carbocycles. The molecule has 0 aliphatic rings. The fourth-order valence-electron chi connectivity index (χ4n) is 2.13. The zero-order valence-corrected chi connectivity index (χ0v) is 15.7.